The first-order valence-electron chi connectivity index (χ1n) is 7.74. The molecule has 1 atom stereocenters. The summed E-state index contributed by atoms with van der Waals surface area (Å²) in [6, 6.07) is 5.97. The highest BCUT2D eigenvalue weighted by Crippen LogP contribution is 2.43. The molecule has 1 spiro atoms. The number of carboxylic acid groups (broad SMARTS) is 1. The molecule has 1 unspecified atom stereocenters. The van der Waals surface area contributed by atoms with E-state index in [4.69, 9.17) is 9.84 Å². The first-order valence-corrected chi connectivity index (χ1v) is 7.74. The second-order valence-electron chi connectivity index (χ2n) is 6.28. The average molecular weight is 345 g/mol. The van der Waals surface area contributed by atoms with E-state index in [2.05, 4.69) is 4.74 Å². The van der Waals surface area contributed by atoms with Crippen LogP contribution in [0.4, 0.5) is 18.0 Å². The molecule has 5 nitrogen and oxygen atoms in total. The molecule has 24 heavy (non-hydrogen) atoms. The smallest absolute Gasteiger partial charge is 0.465 e. The second kappa shape index (κ2) is 6.16. The summed E-state index contributed by atoms with van der Waals surface area (Å²) >= 11 is 0. The molecular formula is C16H18F3NO4. The second-order valence-corrected chi connectivity index (χ2v) is 6.28. The van der Waals surface area contributed by atoms with Gasteiger partial charge in [0.2, 0.25) is 0 Å². The van der Waals surface area contributed by atoms with Crippen LogP contribution in [0.25, 0.3) is 0 Å². The van der Waals surface area contributed by atoms with Gasteiger partial charge in [0.15, 0.2) is 0 Å². The number of carbonyl (C=O) groups is 1. The van der Waals surface area contributed by atoms with Crippen LogP contribution < -0.4 is 4.74 Å². The third-order valence-corrected chi connectivity index (χ3v) is 4.72. The van der Waals surface area contributed by atoms with Gasteiger partial charge in [-0.05, 0) is 37.0 Å². The van der Waals surface area contributed by atoms with Gasteiger partial charge in [-0.15, -0.1) is 13.2 Å². The van der Waals surface area contributed by atoms with Crippen molar-refractivity contribution in [3.63, 3.8) is 0 Å². The standard InChI is InChI=1S/C16H18F3NO4/c17-16(18,19)24-13-3-1-2-11(8-13)12-9-15(23-10-12)4-6-20(7-5-15)14(21)22/h1-3,8,12H,4-7,9-10H2,(H,21,22). The molecule has 3 rings (SSSR count). The molecule has 0 radical (unpaired) electrons. The normalized spacial score (nSPS) is 23.5. The van der Waals surface area contributed by atoms with Crippen LogP contribution in [0.15, 0.2) is 24.3 Å². The van der Waals surface area contributed by atoms with Gasteiger partial charge in [0.1, 0.15) is 5.75 Å². The van der Waals surface area contributed by atoms with Gasteiger partial charge in [-0.1, -0.05) is 12.1 Å². The van der Waals surface area contributed by atoms with Crippen LogP contribution in [-0.4, -0.2) is 47.8 Å². The van der Waals surface area contributed by atoms with E-state index in [0.717, 1.165) is 5.56 Å². The Hall–Kier alpha value is -1.96. The van der Waals surface area contributed by atoms with Gasteiger partial charge in [0.25, 0.3) is 0 Å². The van der Waals surface area contributed by atoms with E-state index < -0.39 is 12.5 Å². The molecule has 1 aromatic carbocycles. The highest BCUT2D eigenvalue weighted by molar-refractivity contribution is 5.65. The van der Waals surface area contributed by atoms with E-state index in [1.54, 1.807) is 6.07 Å². The fourth-order valence-electron chi connectivity index (χ4n) is 3.48. The topological polar surface area (TPSA) is 59.0 Å². The molecule has 2 fully saturated rings. The Bertz CT molecular complexity index is 612. The molecule has 2 saturated heterocycles. The van der Waals surface area contributed by atoms with Gasteiger partial charge < -0.3 is 19.5 Å². The summed E-state index contributed by atoms with van der Waals surface area (Å²) in [5.41, 5.74) is 0.367. The molecule has 0 bridgehead atoms. The average Bonchev–Trinajstić information content (AvgIpc) is 2.90. The number of rotatable bonds is 2. The number of alkyl halides is 3. The van der Waals surface area contributed by atoms with Crippen molar-refractivity contribution in [3.8, 4) is 5.75 Å². The first-order chi connectivity index (χ1) is 11.3. The Balaban J connectivity index is 1.66. The molecular weight excluding hydrogens is 327 g/mol. The van der Waals surface area contributed by atoms with E-state index in [0.29, 0.717) is 39.0 Å². The number of benzene rings is 1. The summed E-state index contributed by atoms with van der Waals surface area (Å²) in [4.78, 5) is 12.3. The van der Waals surface area contributed by atoms with Crippen molar-refractivity contribution in [1.82, 2.24) is 4.90 Å². The number of hydrogen-bond acceptors (Lipinski definition) is 3. The number of piperidine rings is 1. The van der Waals surface area contributed by atoms with Crippen LogP contribution in [-0.2, 0) is 4.74 Å². The van der Waals surface area contributed by atoms with E-state index in [1.165, 1.54) is 23.1 Å². The van der Waals surface area contributed by atoms with Gasteiger partial charge in [-0.2, -0.15) is 0 Å². The summed E-state index contributed by atoms with van der Waals surface area (Å²) in [6.45, 7) is 1.25. The van der Waals surface area contributed by atoms with Crippen LogP contribution in [0.1, 0.15) is 30.7 Å². The Morgan fingerprint density at radius 1 is 1.33 bits per heavy atom. The van der Waals surface area contributed by atoms with Crippen molar-refractivity contribution in [3.05, 3.63) is 29.8 Å². The Morgan fingerprint density at radius 2 is 2.04 bits per heavy atom. The number of hydrogen-bond donors (Lipinski definition) is 1. The number of likely N-dealkylation sites (tertiary alicyclic amines) is 1. The number of amides is 1. The predicted octanol–water partition coefficient (Wildman–Crippen LogP) is 3.60. The van der Waals surface area contributed by atoms with Crippen LogP contribution in [0.3, 0.4) is 0 Å². The zero-order valence-electron chi connectivity index (χ0n) is 12.9. The van der Waals surface area contributed by atoms with Gasteiger partial charge in [0, 0.05) is 19.0 Å². The van der Waals surface area contributed by atoms with Crippen molar-refractivity contribution in [2.45, 2.75) is 37.1 Å². The maximum atomic E-state index is 12.3. The molecule has 2 heterocycles. The quantitative estimate of drug-likeness (QED) is 0.890. The van der Waals surface area contributed by atoms with Crippen molar-refractivity contribution in [2.24, 2.45) is 0 Å². The van der Waals surface area contributed by atoms with Crippen molar-refractivity contribution >= 4 is 6.09 Å². The number of halogens is 3. The zero-order valence-corrected chi connectivity index (χ0v) is 12.9. The van der Waals surface area contributed by atoms with Crippen LogP contribution in [0, 0.1) is 0 Å². The lowest BCUT2D eigenvalue weighted by Gasteiger charge is -2.37. The lowest BCUT2D eigenvalue weighted by Crippen LogP contribution is -2.45. The van der Waals surface area contributed by atoms with Gasteiger partial charge in [-0.25, -0.2) is 4.79 Å². The van der Waals surface area contributed by atoms with E-state index in [9.17, 15) is 18.0 Å². The third-order valence-electron chi connectivity index (χ3n) is 4.72. The highest BCUT2D eigenvalue weighted by Gasteiger charge is 2.44. The van der Waals surface area contributed by atoms with Crippen LogP contribution >= 0.6 is 0 Å². The number of ether oxygens (including phenoxy) is 2. The lowest BCUT2D eigenvalue weighted by atomic mass is 9.83. The van der Waals surface area contributed by atoms with Crippen molar-refractivity contribution < 1.29 is 32.5 Å². The summed E-state index contributed by atoms with van der Waals surface area (Å²) < 4.78 is 46.9. The lowest BCUT2D eigenvalue weighted by molar-refractivity contribution is -0.274. The highest BCUT2D eigenvalue weighted by atomic mass is 19.4. The minimum Gasteiger partial charge on any atom is -0.465 e. The molecule has 2 aliphatic rings. The molecule has 0 saturated carbocycles. The largest absolute Gasteiger partial charge is 0.573 e. The third kappa shape index (κ3) is 3.75. The fraction of sp³-hybridized carbons (Fsp3) is 0.562. The fourth-order valence-corrected chi connectivity index (χ4v) is 3.48. The van der Waals surface area contributed by atoms with Gasteiger partial charge in [0.05, 0.1) is 12.2 Å². The Kier molecular flexibility index (Phi) is 4.33. The van der Waals surface area contributed by atoms with Gasteiger partial charge in [-0.3, -0.25) is 0 Å². The molecule has 2 aliphatic heterocycles. The predicted molar refractivity (Wildman–Crippen MR) is 78.0 cm³/mol. The summed E-state index contributed by atoms with van der Waals surface area (Å²) in [5.74, 6) is -0.250. The maximum absolute atomic E-state index is 12.3. The Labute approximate surface area is 137 Å². The Morgan fingerprint density at radius 3 is 2.67 bits per heavy atom. The zero-order chi connectivity index (χ0) is 17.4. The molecule has 132 valence electrons. The monoisotopic (exact) mass is 345 g/mol. The SMILES string of the molecule is O=C(O)N1CCC2(CC1)CC(c1cccc(OC(F)(F)F)c1)CO2. The summed E-state index contributed by atoms with van der Waals surface area (Å²) in [7, 11) is 0. The number of nitrogens with zero attached hydrogens (tertiary/aromatic N) is 1. The van der Waals surface area contributed by atoms with Crippen molar-refractivity contribution in [1.29, 1.82) is 0 Å². The molecule has 0 aliphatic carbocycles. The molecule has 8 heteroatoms. The van der Waals surface area contributed by atoms with Crippen LogP contribution in [0.5, 0.6) is 5.75 Å². The van der Waals surface area contributed by atoms with E-state index in [1.807, 2.05) is 0 Å². The molecule has 1 N–H and O–H groups in total. The molecule has 1 amide bonds. The summed E-state index contributed by atoms with van der Waals surface area (Å²) in [6.07, 6.45) is -3.76. The van der Waals surface area contributed by atoms with E-state index in [-0.39, 0.29) is 17.3 Å². The molecule has 1 aromatic rings. The maximum Gasteiger partial charge on any atom is 0.573 e. The molecule has 0 aromatic heterocycles. The van der Waals surface area contributed by atoms with Gasteiger partial charge >= 0.3 is 12.5 Å². The minimum absolute atomic E-state index is 0.0156. The van der Waals surface area contributed by atoms with E-state index >= 15 is 0 Å². The van der Waals surface area contributed by atoms with Crippen molar-refractivity contribution in [2.75, 3.05) is 19.7 Å². The first kappa shape index (κ1) is 16.9. The minimum atomic E-state index is -4.71. The van der Waals surface area contributed by atoms with Crippen LogP contribution in [0.2, 0.25) is 0 Å². The summed E-state index contributed by atoms with van der Waals surface area (Å²) in [5, 5.41) is 9.00.